The van der Waals surface area contributed by atoms with Gasteiger partial charge in [0.1, 0.15) is 24.7 Å². The van der Waals surface area contributed by atoms with Crippen LogP contribution in [0, 0.1) is 6.92 Å². The Kier molecular flexibility index (Phi) is 6.47. The highest BCUT2D eigenvalue weighted by molar-refractivity contribution is 5.96. The second-order valence-corrected chi connectivity index (χ2v) is 6.17. The summed E-state index contributed by atoms with van der Waals surface area (Å²) in [6, 6.07) is 24.9. The van der Waals surface area contributed by atoms with Crippen molar-refractivity contribution in [2.75, 3.05) is 13.2 Å². The van der Waals surface area contributed by atoms with Crippen molar-refractivity contribution >= 4 is 5.91 Å². The smallest absolute Gasteiger partial charge is 0.255 e. The second kappa shape index (κ2) is 9.43. The van der Waals surface area contributed by atoms with Crippen molar-refractivity contribution in [3.63, 3.8) is 0 Å². The molecule has 0 aliphatic rings. The first-order valence-corrected chi connectivity index (χ1v) is 8.96. The molecule has 0 fully saturated rings. The van der Waals surface area contributed by atoms with E-state index in [2.05, 4.69) is 5.32 Å². The first kappa shape index (κ1) is 18.5. The lowest BCUT2D eigenvalue weighted by molar-refractivity contribution is 0.0945. The zero-order valence-electron chi connectivity index (χ0n) is 15.4. The van der Waals surface area contributed by atoms with Crippen LogP contribution in [0.3, 0.4) is 0 Å². The largest absolute Gasteiger partial charge is 0.490 e. The third-order valence-electron chi connectivity index (χ3n) is 4.06. The molecule has 0 bridgehead atoms. The summed E-state index contributed by atoms with van der Waals surface area (Å²) in [5.74, 6) is 1.19. The molecule has 0 radical (unpaired) electrons. The van der Waals surface area contributed by atoms with Crippen molar-refractivity contribution in [3.05, 3.63) is 95.6 Å². The minimum Gasteiger partial charge on any atom is -0.490 e. The average molecular weight is 361 g/mol. The Balaban J connectivity index is 1.53. The van der Waals surface area contributed by atoms with Crippen molar-refractivity contribution in [1.82, 2.24) is 5.32 Å². The number of hydrogen-bond donors (Lipinski definition) is 1. The van der Waals surface area contributed by atoms with Crippen LogP contribution in [-0.2, 0) is 6.54 Å². The van der Waals surface area contributed by atoms with Gasteiger partial charge in [-0.25, -0.2) is 0 Å². The van der Waals surface area contributed by atoms with Gasteiger partial charge in [0.2, 0.25) is 0 Å². The summed E-state index contributed by atoms with van der Waals surface area (Å²) < 4.78 is 11.4. The number of carbonyl (C=O) groups is 1. The highest BCUT2D eigenvalue weighted by Gasteiger charge is 2.11. The predicted molar refractivity (Wildman–Crippen MR) is 106 cm³/mol. The van der Waals surface area contributed by atoms with Crippen molar-refractivity contribution in [1.29, 1.82) is 0 Å². The third kappa shape index (κ3) is 5.61. The summed E-state index contributed by atoms with van der Waals surface area (Å²) >= 11 is 0. The normalized spacial score (nSPS) is 10.3. The Bertz CT molecular complexity index is 860. The molecule has 4 heteroatoms. The number of amides is 1. The van der Waals surface area contributed by atoms with Crippen LogP contribution in [0.2, 0.25) is 0 Å². The van der Waals surface area contributed by atoms with E-state index in [0.717, 1.165) is 11.3 Å². The number of aryl methyl sites for hydroxylation is 1. The number of ether oxygens (including phenoxy) is 2. The lowest BCUT2D eigenvalue weighted by Gasteiger charge is -2.12. The van der Waals surface area contributed by atoms with Crippen molar-refractivity contribution in [2.45, 2.75) is 13.5 Å². The van der Waals surface area contributed by atoms with Crippen molar-refractivity contribution in [2.24, 2.45) is 0 Å². The quantitative estimate of drug-likeness (QED) is 0.606. The van der Waals surface area contributed by atoms with E-state index in [0.29, 0.717) is 31.1 Å². The Morgan fingerprint density at radius 2 is 1.48 bits per heavy atom. The van der Waals surface area contributed by atoms with Gasteiger partial charge >= 0.3 is 0 Å². The molecule has 27 heavy (non-hydrogen) atoms. The Morgan fingerprint density at radius 3 is 2.26 bits per heavy atom. The predicted octanol–water partition coefficient (Wildman–Crippen LogP) is 4.38. The van der Waals surface area contributed by atoms with Crippen LogP contribution in [0.5, 0.6) is 11.5 Å². The van der Waals surface area contributed by atoms with Crippen LogP contribution in [0.1, 0.15) is 21.5 Å². The fourth-order valence-corrected chi connectivity index (χ4v) is 2.59. The van der Waals surface area contributed by atoms with E-state index in [1.54, 1.807) is 12.1 Å². The van der Waals surface area contributed by atoms with Gasteiger partial charge in [-0.3, -0.25) is 4.79 Å². The van der Waals surface area contributed by atoms with E-state index in [1.807, 2.05) is 73.7 Å². The Hall–Kier alpha value is -3.27. The molecule has 0 aliphatic heterocycles. The molecule has 3 aromatic carbocycles. The Labute approximate surface area is 159 Å². The van der Waals surface area contributed by atoms with Gasteiger partial charge in [-0.15, -0.1) is 0 Å². The van der Waals surface area contributed by atoms with E-state index >= 15 is 0 Å². The Morgan fingerprint density at radius 1 is 0.815 bits per heavy atom. The monoisotopic (exact) mass is 361 g/mol. The maximum atomic E-state index is 12.5. The molecule has 0 aliphatic carbocycles. The molecule has 3 aromatic rings. The van der Waals surface area contributed by atoms with Gasteiger partial charge in [-0.05, 0) is 36.8 Å². The number of para-hydroxylation sites is 2. The van der Waals surface area contributed by atoms with Crippen molar-refractivity contribution in [3.8, 4) is 11.5 Å². The fraction of sp³-hybridized carbons (Fsp3) is 0.174. The number of nitrogens with one attached hydrogen (secondary N) is 1. The summed E-state index contributed by atoms with van der Waals surface area (Å²) in [6.07, 6.45) is 0. The molecule has 1 amide bonds. The van der Waals surface area contributed by atoms with E-state index in [4.69, 9.17) is 9.47 Å². The second-order valence-electron chi connectivity index (χ2n) is 6.17. The number of carbonyl (C=O) groups excluding carboxylic acids is 1. The highest BCUT2D eigenvalue weighted by Crippen LogP contribution is 2.18. The van der Waals surface area contributed by atoms with Gasteiger partial charge in [0.25, 0.3) is 5.91 Å². The van der Waals surface area contributed by atoms with E-state index in [-0.39, 0.29) is 5.91 Å². The SMILES string of the molecule is Cc1ccc(CNC(=O)c2ccccc2OCCOc2ccccc2)cc1. The van der Waals surface area contributed by atoms with Crippen molar-refractivity contribution < 1.29 is 14.3 Å². The molecule has 4 nitrogen and oxygen atoms in total. The molecule has 0 saturated carbocycles. The van der Waals surface area contributed by atoms with Gasteiger partial charge in [0.15, 0.2) is 0 Å². The topological polar surface area (TPSA) is 47.6 Å². The standard InChI is InChI=1S/C23H23NO3/c1-18-11-13-19(14-12-18)17-24-23(25)21-9-5-6-10-22(21)27-16-15-26-20-7-3-2-4-8-20/h2-14H,15-17H2,1H3,(H,24,25). The summed E-state index contributed by atoms with van der Waals surface area (Å²) in [7, 11) is 0. The molecule has 138 valence electrons. The minimum absolute atomic E-state index is 0.157. The molecule has 0 saturated heterocycles. The van der Waals surface area contributed by atoms with E-state index < -0.39 is 0 Å². The van der Waals surface area contributed by atoms with Gasteiger partial charge in [-0.2, -0.15) is 0 Å². The van der Waals surface area contributed by atoms with Crippen LogP contribution < -0.4 is 14.8 Å². The van der Waals surface area contributed by atoms with Crippen LogP contribution in [0.15, 0.2) is 78.9 Å². The van der Waals surface area contributed by atoms with Gasteiger partial charge in [0, 0.05) is 6.54 Å². The molecule has 3 rings (SSSR count). The zero-order valence-corrected chi connectivity index (χ0v) is 15.4. The lowest BCUT2D eigenvalue weighted by atomic mass is 10.1. The number of hydrogen-bond acceptors (Lipinski definition) is 3. The van der Waals surface area contributed by atoms with Crippen LogP contribution in [-0.4, -0.2) is 19.1 Å². The molecule has 0 spiro atoms. The summed E-state index contributed by atoms with van der Waals surface area (Å²) in [5, 5.41) is 2.94. The van der Waals surface area contributed by atoms with Crippen LogP contribution in [0.4, 0.5) is 0 Å². The maximum Gasteiger partial charge on any atom is 0.255 e. The number of benzene rings is 3. The minimum atomic E-state index is -0.157. The summed E-state index contributed by atoms with van der Waals surface area (Å²) in [6.45, 7) is 3.28. The molecular formula is C23H23NO3. The van der Waals surface area contributed by atoms with E-state index in [9.17, 15) is 4.79 Å². The average Bonchev–Trinajstić information content (AvgIpc) is 2.71. The third-order valence-corrected chi connectivity index (χ3v) is 4.06. The molecule has 0 aromatic heterocycles. The first-order chi connectivity index (χ1) is 13.2. The summed E-state index contributed by atoms with van der Waals surface area (Å²) in [4.78, 5) is 12.5. The van der Waals surface area contributed by atoms with Gasteiger partial charge in [-0.1, -0.05) is 60.2 Å². The molecule has 0 unspecified atom stereocenters. The molecule has 1 N–H and O–H groups in total. The zero-order chi connectivity index (χ0) is 18.9. The molecule has 0 heterocycles. The molecule has 0 atom stereocenters. The fourth-order valence-electron chi connectivity index (χ4n) is 2.59. The maximum absolute atomic E-state index is 12.5. The van der Waals surface area contributed by atoms with Gasteiger partial charge < -0.3 is 14.8 Å². The number of rotatable bonds is 8. The first-order valence-electron chi connectivity index (χ1n) is 8.96. The highest BCUT2D eigenvalue weighted by atomic mass is 16.5. The molecular weight excluding hydrogens is 338 g/mol. The van der Waals surface area contributed by atoms with E-state index in [1.165, 1.54) is 5.56 Å². The lowest BCUT2D eigenvalue weighted by Crippen LogP contribution is -2.23. The van der Waals surface area contributed by atoms with Crippen LogP contribution >= 0.6 is 0 Å². The summed E-state index contributed by atoms with van der Waals surface area (Å²) in [5.41, 5.74) is 2.77. The van der Waals surface area contributed by atoms with Crippen LogP contribution in [0.25, 0.3) is 0 Å². The van der Waals surface area contributed by atoms with Gasteiger partial charge in [0.05, 0.1) is 5.56 Å².